The zero-order valence-corrected chi connectivity index (χ0v) is 6.28. The van der Waals surface area contributed by atoms with E-state index in [2.05, 4.69) is 15.9 Å². The van der Waals surface area contributed by atoms with Gasteiger partial charge in [-0.2, -0.15) is 0 Å². The first kappa shape index (κ1) is 7.70. The normalized spacial score (nSPS) is 12.1. The number of hydrogen-bond donors (Lipinski definition) is 1. The lowest BCUT2D eigenvalue weighted by molar-refractivity contribution is 0.857. The molecule has 2 N–H and O–H groups in total. The number of hydrogen-bond acceptors (Lipinski definition) is 3. The Hall–Kier alpha value is -1.40. The first-order valence-corrected chi connectivity index (χ1v) is 3.25. The molecular weight excluding hydrogens is 138 g/mol. The van der Waals surface area contributed by atoms with Crippen LogP contribution < -0.4 is 5.73 Å². The SMILES string of the molecule is C#CC(N)c1ccnc(C)n1. The summed E-state index contributed by atoms with van der Waals surface area (Å²) in [6, 6.07) is 1.30. The molecule has 0 aliphatic carbocycles. The third-order valence-electron chi connectivity index (χ3n) is 1.30. The molecule has 0 aromatic carbocycles. The van der Waals surface area contributed by atoms with Crippen LogP contribution in [0.1, 0.15) is 17.6 Å². The molecule has 0 saturated heterocycles. The summed E-state index contributed by atoms with van der Waals surface area (Å²) >= 11 is 0. The summed E-state index contributed by atoms with van der Waals surface area (Å²) in [5.41, 5.74) is 6.23. The second kappa shape index (κ2) is 3.13. The van der Waals surface area contributed by atoms with E-state index in [1.54, 1.807) is 19.2 Å². The fraction of sp³-hybridized carbons (Fsp3) is 0.250. The molecule has 0 bridgehead atoms. The van der Waals surface area contributed by atoms with E-state index in [1.807, 2.05) is 0 Å². The third-order valence-corrected chi connectivity index (χ3v) is 1.30. The van der Waals surface area contributed by atoms with Gasteiger partial charge in [-0.25, -0.2) is 9.97 Å². The molecular formula is C8H9N3. The van der Waals surface area contributed by atoms with E-state index in [0.717, 1.165) is 0 Å². The smallest absolute Gasteiger partial charge is 0.125 e. The third kappa shape index (κ3) is 1.76. The Kier molecular flexibility index (Phi) is 2.19. The van der Waals surface area contributed by atoms with Crippen molar-refractivity contribution in [2.75, 3.05) is 0 Å². The summed E-state index contributed by atoms with van der Waals surface area (Å²) in [5.74, 6) is 3.08. The van der Waals surface area contributed by atoms with E-state index in [9.17, 15) is 0 Å². The van der Waals surface area contributed by atoms with Gasteiger partial charge in [-0.1, -0.05) is 5.92 Å². The lowest BCUT2D eigenvalue weighted by Crippen LogP contribution is -2.10. The number of aromatic nitrogens is 2. The van der Waals surface area contributed by atoms with E-state index in [0.29, 0.717) is 11.5 Å². The molecule has 1 aromatic rings. The van der Waals surface area contributed by atoms with E-state index < -0.39 is 6.04 Å². The molecule has 0 aliphatic rings. The number of aryl methyl sites for hydroxylation is 1. The quantitative estimate of drug-likeness (QED) is 0.585. The molecule has 0 fully saturated rings. The molecule has 3 heteroatoms. The molecule has 1 atom stereocenters. The standard InChI is InChI=1S/C8H9N3/c1-3-7(9)8-4-5-10-6(2)11-8/h1,4-5,7H,9H2,2H3. The first-order chi connectivity index (χ1) is 5.24. The van der Waals surface area contributed by atoms with Gasteiger partial charge in [-0.15, -0.1) is 6.42 Å². The fourth-order valence-electron chi connectivity index (χ4n) is 0.733. The molecule has 0 radical (unpaired) electrons. The maximum absolute atomic E-state index is 5.54. The number of rotatable bonds is 1. The average Bonchev–Trinajstić information content (AvgIpc) is 2.03. The van der Waals surface area contributed by atoms with E-state index >= 15 is 0 Å². The van der Waals surface area contributed by atoms with Gasteiger partial charge < -0.3 is 5.73 Å². The summed E-state index contributed by atoms with van der Waals surface area (Å²) in [7, 11) is 0. The second-order valence-electron chi connectivity index (χ2n) is 2.17. The number of nitrogens with zero attached hydrogens (tertiary/aromatic N) is 2. The lowest BCUT2D eigenvalue weighted by atomic mass is 10.2. The summed E-state index contributed by atoms with van der Waals surface area (Å²) in [6.07, 6.45) is 6.77. The van der Waals surface area contributed by atoms with Gasteiger partial charge >= 0.3 is 0 Å². The maximum Gasteiger partial charge on any atom is 0.125 e. The van der Waals surface area contributed by atoms with Crippen LogP contribution in [0.25, 0.3) is 0 Å². The highest BCUT2D eigenvalue weighted by molar-refractivity contribution is 5.16. The lowest BCUT2D eigenvalue weighted by Gasteiger charge is -2.02. The van der Waals surface area contributed by atoms with Gasteiger partial charge in [0.1, 0.15) is 11.9 Å². The largest absolute Gasteiger partial charge is 0.313 e. The monoisotopic (exact) mass is 147 g/mol. The summed E-state index contributed by atoms with van der Waals surface area (Å²) in [6.45, 7) is 1.80. The van der Waals surface area contributed by atoms with E-state index in [1.165, 1.54) is 0 Å². The van der Waals surface area contributed by atoms with Crippen molar-refractivity contribution in [2.45, 2.75) is 13.0 Å². The molecule has 11 heavy (non-hydrogen) atoms. The minimum atomic E-state index is -0.420. The van der Waals surface area contributed by atoms with Crippen LogP contribution in [0.2, 0.25) is 0 Å². The highest BCUT2D eigenvalue weighted by Gasteiger charge is 2.02. The predicted molar refractivity (Wildman–Crippen MR) is 42.5 cm³/mol. The Morgan fingerprint density at radius 2 is 2.45 bits per heavy atom. The Morgan fingerprint density at radius 1 is 1.73 bits per heavy atom. The van der Waals surface area contributed by atoms with Gasteiger partial charge in [0.05, 0.1) is 5.69 Å². The second-order valence-corrected chi connectivity index (χ2v) is 2.17. The van der Waals surface area contributed by atoms with Gasteiger partial charge in [0.15, 0.2) is 0 Å². The average molecular weight is 147 g/mol. The Labute approximate surface area is 65.7 Å². The molecule has 1 rings (SSSR count). The molecule has 0 amide bonds. The van der Waals surface area contributed by atoms with Crippen LogP contribution in [0.4, 0.5) is 0 Å². The molecule has 0 aliphatic heterocycles. The van der Waals surface area contributed by atoms with E-state index in [-0.39, 0.29) is 0 Å². The van der Waals surface area contributed by atoms with Crippen molar-refractivity contribution >= 4 is 0 Å². The minimum Gasteiger partial charge on any atom is -0.313 e. The van der Waals surface area contributed by atoms with Crippen LogP contribution in [0, 0.1) is 19.3 Å². The molecule has 1 aromatic heterocycles. The molecule has 1 unspecified atom stereocenters. The maximum atomic E-state index is 5.54. The van der Waals surface area contributed by atoms with E-state index in [4.69, 9.17) is 12.2 Å². The Bertz CT molecular complexity index is 288. The van der Waals surface area contributed by atoms with Gasteiger partial charge in [0.2, 0.25) is 0 Å². The summed E-state index contributed by atoms with van der Waals surface area (Å²) in [5, 5.41) is 0. The number of nitrogens with two attached hydrogens (primary N) is 1. The topological polar surface area (TPSA) is 51.8 Å². The van der Waals surface area contributed by atoms with Crippen molar-refractivity contribution in [2.24, 2.45) is 5.73 Å². The van der Waals surface area contributed by atoms with Crippen LogP contribution in [0.3, 0.4) is 0 Å². The summed E-state index contributed by atoms with van der Waals surface area (Å²) in [4.78, 5) is 7.99. The van der Waals surface area contributed by atoms with Crippen molar-refractivity contribution in [3.63, 3.8) is 0 Å². The zero-order valence-electron chi connectivity index (χ0n) is 6.28. The first-order valence-electron chi connectivity index (χ1n) is 3.25. The molecule has 0 spiro atoms. The highest BCUT2D eigenvalue weighted by atomic mass is 14.9. The predicted octanol–water partition coefficient (Wildman–Crippen LogP) is 0.418. The van der Waals surface area contributed by atoms with Crippen LogP contribution in [-0.4, -0.2) is 9.97 Å². The molecule has 3 nitrogen and oxygen atoms in total. The minimum absolute atomic E-state index is 0.420. The van der Waals surface area contributed by atoms with Crippen molar-refractivity contribution in [3.8, 4) is 12.3 Å². The van der Waals surface area contributed by atoms with Gasteiger partial charge in [-0.05, 0) is 13.0 Å². The Morgan fingerprint density at radius 3 is 3.00 bits per heavy atom. The molecule has 0 saturated carbocycles. The molecule has 56 valence electrons. The van der Waals surface area contributed by atoms with Gasteiger partial charge in [-0.3, -0.25) is 0 Å². The fourth-order valence-corrected chi connectivity index (χ4v) is 0.733. The van der Waals surface area contributed by atoms with Crippen LogP contribution in [0.15, 0.2) is 12.3 Å². The van der Waals surface area contributed by atoms with Crippen molar-refractivity contribution in [1.82, 2.24) is 9.97 Å². The number of terminal acetylenes is 1. The van der Waals surface area contributed by atoms with Crippen LogP contribution in [0.5, 0.6) is 0 Å². The van der Waals surface area contributed by atoms with Crippen molar-refractivity contribution in [1.29, 1.82) is 0 Å². The van der Waals surface area contributed by atoms with Gasteiger partial charge in [0, 0.05) is 6.20 Å². The Balaban J connectivity index is 2.98. The molecule has 1 heterocycles. The summed E-state index contributed by atoms with van der Waals surface area (Å²) < 4.78 is 0. The highest BCUT2D eigenvalue weighted by Crippen LogP contribution is 2.03. The van der Waals surface area contributed by atoms with Crippen LogP contribution >= 0.6 is 0 Å². The van der Waals surface area contributed by atoms with Crippen molar-refractivity contribution in [3.05, 3.63) is 23.8 Å². The van der Waals surface area contributed by atoms with Gasteiger partial charge in [0.25, 0.3) is 0 Å². The zero-order chi connectivity index (χ0) is 8.27. The van der Waals surface area contributed by atoms with Crippen molar-refractivity contribution < 1.29 is 0 Å². The van der Waals surface area contributed by atoms with Crippen LogP contribution in [-0.2, 0) is 0 Å².